The molecule has 1 aromatic rings. The smallest absolute Gasteiger partial charge is 0.253 e. The molecule has 3 unspecified atom stereocenters. The highest BCUT2D eigenvalue weighted by molar-refractivity contribution is 6.30. The molecule has 6 atom stereocenters. The van der Waals surface area contributed by atoms with E-state index in [1.54, 1.807) is 58.2 Å². The molecule has 9 heteroatoms. The lowest BCUT2D eigenvalue weighted by molar-refractivity contribution is -0.150. The van der Waals surface area contributed by atoms with Crippen LogP contribution < -0.4 is 4.90 Å². The van der Waals surface area contributed by atoms with E-state index in [1.807, 2.05) is 13.8 Å². The molecular weight excluding hydrogens is 506 g/mol. The first-order valence-corrected chi connectivity index (χ1v) is 13.6. The van der Waals surface area contributed by atoms with Gasteiger partial charge in [0.25, 0.3) is 5.91 Å². The highest BCUT2D eigenvalue weighted by atomic mass is 35.5. The Balaban J connectivity index is 1.81. The third kappa shape index (κ3) is 4.36. The quantitative estimate of drug-likeness (QED) is 0.342. The second-order valence-corrected chi connectivity index (χ2v) is 11.3. The molecule has 3 saturated heterocycles. The number of aliphatic hydroxyl groups is 1. The van der Waals surface area contributed by atoms with Crippen molar-refractivity contribution in [1.29, 1.82) is 0 Å². The molecule has 1 aromatic carbocycles. The zero-order chi connectivity index (χ0) is 27.8. The van der Waals surface area contributed by atoms with E-state index in [0.29, 0.717) is 36.5 Å². The van der Waals surface area contributed by atoms with Crippen molar-refractivity contribution < 1.29 is 24.2 Å². The van der Waals surface area contributed by atoms with Crippen molar-refractivity contribution in [2.75, 3.05) is 38.2 Å². The number of likely N-dealkylation sites (tertiary alicyclic amines) is 1. The van der Waals surface area contributed by atoms with Crippen LogP contribution in [0.2, 0.25) is 5.02 Å². The number of halogens is 1. The van der Waals surface area contributed by atoms with Crippen molar-refractivity contribution in [3.05, 3.63) is 54.6 Å². The zero-order valence-corrected chi connectivity index (χ0v) is 23.2. The lowest BCUT2D eigenvalue weighted by Crippen LogP contribution is -2.57. The molecule has 3 amide bonds. The molecule has 1 N–H and O–H groups in total. The fraction of sp³-hybridized carbons (Fsp3) is 0.552. The second kappa shape index (κ2) is 10.8. The van der Waals surface area contributed by atoms with E-state index < -0.39 is 29.1 Å². The summed E-state index contributed by atoms with van der Waals surface area (Å²) in [5.41, 5.74) is -1.39. The first kappa shape index (κ1) is 28.3. The van der Waals surface area contributed by atoms with Gasteiger partial charge in [-0.3, -0.25) is 14.4 Å². The Morgan fingerprint density at radius 2 is 1.84 bits per heavy atom. The molecule has 2 bridgehead atoms. The van der Waals surface area contributed by atoms with E-state index in [9.17, 15) is 19.5 Å². The fourth-order valence-electron chi connectivity index (χ4n) is 6.77. The summed E-state index contributed by atoms with van der Waals surface area (Å²) < 4.78 is 6.79. The number of nitrogens with zero attached hydrogens (tertiary/aromatic N) is 3. The summed E-state index contributed by atoms with van der Waals surface area (Å²) in [6.45, 7) is 12.4. The number of hydrogen-bond donors (Lipinski definition) is 1. The van der Waals surface area contributed by atoms with E-state index in [4.69, 9.17) is 16.3 Å². The maximum Gasteiger partial charge on any atom is 0.253 e. The van der Waals surface area contributed by atoms with Gasteiger partial charge in [0.2, 0.25) is 11.8 Å². The number of rotatable bonds is 11. The number of unbranched alkanes of at least 4 members (excludes halogenated alkanes) is 1. The number of fused-ring (bicyclic) bond motifs is 1. The van der Waals surface area contributed by atoms with Crippen LogP contribution in [-0.2, 0) is 19.1 Å². The number of carbonyl (C=O) groups excluding carboxylic acids is 3. The molecule has 1 spiro atoms. The molecule has 3 aliphatic heterocycles. The summed E-state index contributed by atoms with van der Waals surface area (Å²) in [7, 11) is 1.70. The third-order valence-corrected chi connectivity index (χ3v) is 8.87. The minimum atomic E-state index is -1.14. The van der Waals surface area contributed by atoms with Crippen molar-refractivity contribution in [2.45, 2.75) is 50.4 Å². The summed E-state index contributed by atoms with van der Waals surface area (Å²) in [4.78, 5) is 47.2. The predicted molar refractivity (Wildman–Crippen MR) is 147 cm³/mol. The Labute approximate surface area is 229 Å². The molecule has 3 heterocycles. The molecule has 4 rings (SSSR count). The highest BCUT2D eigenvalue weighted by Gasteiger charge is 2.80. The van der Waals surface area contributed by atoms with Crippen molar-refractivity contribution >= 4 is 35.0 Å². The van der Waals surface area contributed by atoms with Gasteiger partial charge in [0.15, 0.2) is 0 Å². The number of anilines is 1. The van der Waals surface area contributed by atoms with Crippen LogP contribution in [0.3, 0.4) is 0 Å². The van der Waals surface area contributed by atoms with Crippen LogP contribution in [0, 0.1) is 17.8 Å². The maximum absolute atomic E-state index is 14.5. The number of aliphatic hydroxyl groups excluding tert-OH is 1. The van der Waals surface area contributed by atoms with E-state index in [2.05, 4.69) is 13.2 Å². The van der Waals surface area contributed by atoms with Crippen LogP contribution in [0.4, 0.5) is 5.69 Å². The third-order valence-electron chi connectivity index (χ3n) is 8.62. The van der Waals surface area contributed by atoms with Crippen LogP contribution in [-0.4, -0.2) is 83.2 Å². The number of amides is 3. The average molecular weight is 544 g/mol. The van der Waals surface area contributed by atoms with Gasteiger partial charge < -0.3 is 24.5 Å². The van der Waals surface area contributed by atoms with Gasteiger partial charge in [0.1, 0.15) is 11.6 Å². The van der Waals surface area contributed by atoms with Crippen molar-refractivity contribution in [3.8, 4) is 0 Å². The van der Waals surface area contributed by atoms with Gasteiger partial charge in [-0.2, -0.15) is 0 Å². The van der Waals surface area contributed by atoms with Crippen molar-refractivity contribution in [3.63, 3.8) is 0 Å². The van der Waals surface area contributed by atoms with E-state index in [0.717, 1.165) is 0 Å². The maximum atomic E-state index is 14.5. The van der Waals surface area contributed by atoms with Gasteiger partial charge in [0, 0.05) is 44.0 Å². The highest BCUT2D eigenvalue weighted by Crippen LogP contribution is 2.65. The Morgan fingerprint density at radius 1 is 1.18 bits per heavy atom. The molecule has 206 valence electrons. The lowest BCUT2D eigenvalue weighted by Gasteiger charge is -2.38. The number of hydrogen-bond acceptors (Lipinski definition) is 5. The molecular formula is C29H38ClN3O5. The van der Waals surface area contributed by atoms with Crippen LogP contribution in [0.25, 0.3) is 0 Å². The monoisotopic (exact) mass is 543 g/mol. The summed E-state index contributed by atoms with van der Waals surface area (Å²) in [5.74, 6) is -2.24. The lowest BCUT2D eigenvalue weighted by atomic mass is 9.62. The molecule has 38 heavy (non-hydrogen) atoms. The molecule has 0 saturated carbocycles. The summed E-state index contributed by atoms with van der Waals surface area (Å²) in [5, 5.41) is 9.93. The van der Waals surface area contributed by atoms with Crippen LogP contribution in [0.5, 0.6) is 0 Å². The Hall–Kier alpha value is -2.68. The van der Waals surface area contributed by atoms with E-state index in [1.165, 1.54) is 0 Å². The van der Waals surface area contributed by atoms with E-state index in [-0.39, 0.29) is 43.3 Å². The number of ether oxygens (including phenoxy) is 1. The molecule has 3 fully saturated rings. The largest absolute Gasteiger partial charge is 0.396 e. The number of carbonyl (C=O) groups is 3. The van der Waals surface area contributed by atoms with Crippen LogP contribution >= 0.6 is 11.6 Å². The van der Waals surface area contributed by atoms with E-state index >= 15 is 0 Å². The topological polar surface area (TPSA) is 90.4 Å². The zero-order valence-electron chi connectivity index (χ0n) is 22.4. The normalized spacial score (nSPS) is 31.3. The van der Waals surface area contributed by atoms with Crippen molar-refractivity contribution in [2.24, 2.45) is 17.8 Å². The second-order valence-electron chi connectivity index (χ2n) is 10.9. The fourth-order valence-corrected chi connectivity index (χ4v) is 6.90. The minimum absolute atomic E-state index is 0.0123. The molecule has 8 nitrogen and oxygen atoms in total. The summed E-state index contributed by atoms with van der Waals surface area (Å²) in [6.07, 6.45) is 4.80. The van der Waals surface area contributed by atoms with Crippen molar-refractivity contribution in [1.82, 2.24) is 9.80 Å². The number of benzene rings is 1. The SMILES string of the molecule is C=CCN(C)C(=O)[C@H]1[C@H]2C(=O)N(CCCCO)C(C(=O)N(CC=C)c3ccc(Cl)cc3)C23CC(C)[C@]1(C)O3. The Bertz CT molecular complexity index is 1110. The number of likely N-dealkylation sites (N-methyl/N-ethyl adjacent to an activating group) is 1. The Morgan fingerprint density at radius 3 is 2.45 bits per heavy atom. The Kier molecular flexibility index (Phi) is 8.07. The first-order chi connectivity index (χ1) is 18.1. The van der Waals surface area contributed by atoms with Gasteiger partial charge in [0.05, 0.1) is 17.4 Å². The van der Waals surface area contributed by atoms with Gasteiger partial charge in [-0.15, -0.1) is 13.2 Å². The summed E-state index contributed by atoms with van der Waals surface area (Å²) >= 11 is 6.10. The minimum Gasteiger partial charge on any atom is -0.396 e. The van der Waals surface area contributed by atoms with Gasteiger partial charge in [-0.25, -0.2) is 0 Å². The van der Waals surface area contributed by atoms with Gasteiger partial charge in [-0.05, 0) is 56.4 Å². The molecule has 3 aliphatic rings. The van der Waals surface area contributed by atoms with Gasteiger partial charge in [-0.1, -0.05) is 30.7 Å². The standard InChI is InChI=1S/C29H38ClN3O5/c1-6-14-31(5)25(35)22-23-26(36)33(16-8-9-17-34)24(29(23)18-19(3)28(22,4)38-29)27(37)32(15-7-2)21-12-10-20(30)11-13-21/h6-7,10-13,19,22-24,34H,1-2,8-9,14-18H2,3-5H3/t19?,22-,23+,24?,28+,29?/m1/s1. The summed E-state index contributed by atoms with van der Waals surface area (Å²) in [6, 6.07) is 6.04. The molecule has 0 aromatic heterocycles. The van der Waals surface area contributed by atoms with Crippen LogP contribution in [0.15, 0.2) is 49.6 Å². The van der Waals surface area contributed by atoms with Crippen LogP contribution in [0.1, 0.15) is 33.1 Å². The molecule has 0 radical (unpaired) electrons. The molecule has 0 aliphatic carbocycles. The average Bonchev–Trinajstić information content (AvgIpc) is 3.39. The first-order valence-electron chi connectivity index (χ1n) is 13.2. The predicted octanol–water partition coefficient (Wildman–Crippen LogP) is 3.29. The van der Waals surface area contributed by atoms with Gasteiger partial charge >= 0.3 is 0 Å².